The molecule has 0 radical (unpaired) electrons. The highest BCUT2D eigenvalue weighted by atomic mass is 32.2. The molecule has 1 heterocycles. The minimum atomic E-state index is -3.76. The van der Waals surface area contributed by atoms with Gasteiger partial charge in [-0.3, -0.25) is 15.0 Å². The van der Waals surface area contributed by atoms with Gasteiger partial charge in [-0.25, -0.2) is 13.1 Å². The van der Waals surface area contributed by atoms with E-state index in [1.165, 1.54) is 18.2 Å². The quantitative estimate of drug-likeness (QED) is 0.605. The Morgan fingerprint density at radius 3 is 2.73 bits per heavy atom. The van der Waals surface area contributed by atoms with Gasteiger partial charge in [0.05, 0.1) is 23.0 Å². The average Bonchev–Trinajstić information content (AvgIpc) is 2.53. The fraction of sp³-hybridized carbons (Fsp3) is 0.538. The van der Waals surface area contributed by atoms with E-state index < -0.39 is 14.9 Å². The van der Waals surface area contributed by atoms with Crippen LogP contribution in [0.1, 0.15) is 6.92 Å². The molecule has 8 nitrogen and oxygen atoms in total. The molecular weight excluding hydrogens is 310 g/mol. The lowest BCUT2D eigenvalue weighted by Gasteiger charge is -2.32. The van der Waals surface area contributed by atoms with E-state index >= 15 is 0 Å². The first kappa shape index (κ1) is 16.8. The first-order valence-corrected chi connectivity index (χ1v) is 8.44. The Labute approximate surface area is 129 Å². The minimum absolute atomic E-state index is 0.0253. The van der Waals surface area contributed by atoms with Crippen LogP contribution in [0.2, 0.25) is 0 Å². The molecule has 22 heavy (non-hydrogen) atoms. The van der Waals surface area contributed by atoms with Crippen molar-refractivity contribution in [2.24, 2.45) is 0 Å². The second-order valence-electron chi connectivity index (χ2n) is 5.10. The number of sulfonamides is 1. The van der Waals surface area contributed by atoms with Crippen molar-refractivity contribution in [2.75, 3.05) is 32.8 Å². The molecule has 0 aromatic heterocycles. The zero-order valence-electron chi connectivity index (χ0n) is 12.3. The molecule has 0 aliphatic carbocycles. The summed E-state index contributed by atoms with van der Waals surface area (Å²) in [5.41, 5.74) is -0.246. The Balaban J connectivity index is 2.01. The Bertz CT molecular complexity index is 628. The summed E-state index contributed by atoms with van der Waals surface area (Å²) in [7, 11) is -3.76. The predicted octanol–water partition coefficient (Wildman–Crippen LogP) is 0.594. The summed E-state index contributed by atoms with van der Waals surface area (Å²) in [5.74, 6) is 0. The van der Waals surface area contributed by atoms with Gasteiger partial charge >= 0.3 is 0 Å². The van der Waals surface area contributed by atoms with Crippen LogP contribution in [0.15, 0.2) is 29.2 Å². The number of nitrogens with one attached hydrogen (secondary N) is 1. The Morgan fingerprint density at radius 1 is 1.41 bits per heavy atom. The van der Waals surface area contributed by atoms with Gasteiger partial charge in [0.25, 0.3) is 5.69 Å². The molecule has 1 aliphatic heterocycles. The maximum atomic E-state index is 12.2. The molecule has 0 bridgehead atoms. The van der Waals surface area contributed by atoms with Crippen LogP contribution in [0.3, 0.4) is 0 Å². The van der Waals surface area contributed by atoms with E-state index in [0.29, 0.717) is 13.2 Å². The van der Waals surface area contributed by atoms with Gasteiger partial charge in [0.1, 0.15) is 0 Å². The first-order chi connectivity index (χ1) is 10.4. The van der Waals surface area contributed by atoms with Crippen molar-refractivity contribution in [3.63, 3.8) is 0 Å². The fourth-order valence-electron chi connectivity index (χ4n) is 2.23. The number of ether oxygens (including phenoxy) is 1. The number of non-ortho nitro benzene ring substituents is 1. The minimum Gasteiger partial charge on any atom is -0.379 e. The maximum absolute atomic E-state index is 12.2. The van der Waals surface area contributed by atoms with Crippen LogP contribution >= 0.6 is 0 Å². The van der Waals surface area contributed by atoms with Gasteiger partial charge in [-0.15, -0.1) is 0 Å². The number of hydrogen-bond donors (Lipinski definition) is 1. The zero-order valence-corrected chi connectivity index (χ0v) is 13.1. The van der Waals surface area contributed by atoms with E-state index in [9.17, 15) is 18.5 Å². The molecule has 1 unspecified atom stereocenters. The molecule has 1 aromatic carbocycles. The molecule has 1 fully saturated rings. The molecule has 1 atom stereocenters. The van der Waals surface area contributed by atoms with Gasteiger partial charge in [-0.2, -0.15) is 0 Å². The molecule has 0 amide bonds. The molecule has 0 saturated carbocycles. The van der Waals surface area contributed by atoms with Crippen molar-refractivity contribution in [2.45, 2.75) is 17.9 Å². The maximum Gasteiger partial charge on any atom is 0.270 e. The third-order valence-corrected chi connectivity index (χ3v) is 5.00. The molecule has 122 valence electrons. The standard InChI is InChI=1S/C13H19N3O5S/c1-11(15-5-7-21-8-6-15)10-14-22(19,20)13-4-2-3-12(9-13)16(17)18/h2-4,9,11,14H,5-8,10H2,1H3. The summed E-state index contributed by atoms with van der Waals surface area (Å²) in [6.45, 7) is 4.98. The van der Waals surface area contributed by atoms with Crippen LogP contribution in [0.25, 0.3) is 0 Å². The third-order valence-electron chi connectivity index (χ3n) is 3.58. The van der Waals surface area contributed by atoms with Crippen molar-refractivity contribution < 1.29 is 18.1 Å². The lowest BCUT2D eigenvalue weighted by Crippen LogP contribution is -2.47. The number of rotatable bonds is 6. The predicted molar refractivity (Wildman–Crippen MR) is 80.1 cm³/mol. The number of morpholine rings is 1. The van der Waals surface area contributed by atoms with Gasteiger partial charge in [0.15, 0.2) is 0 Å². The van der Waals surface area contributed by atoms with Gasteiger partial charge in [-0.05, 0) is 13.0 Å². The third kappa shape index (κ3) is 4.23. The average molecular weight is 329 g/mol. The number of hydrogen-bond acceptors (Lipinski definition) is 6. The Hall–Kier alpha value is -1.55. The highest BCUT2D eigenvalue weighted by Crippen LogP contribution is 2.17. The first-order valence-electron chi connectivity index (χ1n) is 6.96. The van der Waals surface area contributed by atoms with Crippen molar-refractivity contribution in [3.05, 3.63) is 34.4 Å². The molecule has 1 aromatic rings. The second-order valence-corrected chi connectivity index (χ2v) is 6.87. The zero-order chi connectivity index (χ0) is 16.2. The van der Waals surface area contributed by atoms with E-state index in [2.05, 4.69) is 9.62 Å². The summed E-state index contributed by atoms with van der Waals surface area (Å²) in [6.07, 6.45) is 0. The lowest BCUT2D eigenvalue weighted by atomic mass is 10.2. The van der Waals surface area contributed by atoms with Crippen molar-refractivity contribution in [1.29, 1.82) is 0 Å². The van der Waals surface area contributed by atoms with Crippen LogP contribution in [0, 0.1) is 10.1 Å². The van der Waals surface area contributed by atoms with Crippen molar-refractivity contribution in [3.8, 4) is 0 Å². The van der Waals surface area contributed by atoms with Crippen molar-refractivity contribution >= 4 is 15.7 Å². The highest BCUT2D eigenvalue weighted by Gasteiger charge is 2.21. The molecule has 9 heteroatoms. The topological polar surface area (TPSA) is 102 Å². The van der Waals surface area contributed by atoms with E-state index in [0.717, 1.165) is 19.2 Å². The number of benzene rings is 1. The van der Waals surface area contributed by atoms with E-state index in [4.69, 9.17) is 4.74 Å². The molecule has 2 rings (SSSR count). The van der Waals surface area contributed by atoms with Crippen LogP contribution in [0.4, 0.5) is 5.69 Å². The fourth-order valence-corrected chi connectivity index (χ4v) is 3.39. The Morgan fingerprint density at radius 2 is 2.09 bits per heavy atom. The van der Waals surface area contributed by atoms with E-state index in [-0.39, 0.29) is 23.2 Å². The summed E-state index contributed by atoms with van der Waals surface area (Å²) in [4.78, 5) is 12.1. The summed E-state index contributed by atoms with van der Waals surface area (Å²) < 4.78 is 32.2. The number of nitro benzene ring substituents is 1. The number of nitro groups is 1. The van der Waals surface area contributed by atoms with Gasteiger partial charge in [0.2, 0.25) is 10.0 Å². The SMILES string of the molecule is CC(CNS(=O)(=O)c1cccc([N+](=O)[O-])c1)N1CCOCC1. The monoisotopic (exact) mass is 329 g/mol. The second kappa shape index (κ2) is 7.14. The van der Waals surface area contributed by atoms with Crippen LogP contribution in [0.5, 0.6) is 0 Å². The van der Waals surface area contributed by atoms with Crippen LogP contribution in [-0.2, 0) is 14.8 Å². The van der Waals surface area contributed by atoms with Crippen molar-refractivity contribution in [1.82, 2.24) is 9.62 Å². The highest BCUT2D eigenvalue weighted by molar-refractivity contribution is 7.89. The van der Waals surface area contributed by atoms with E-state index in [1.807, 2.05) is 6.92 Å². The van der Waals surface area contributed by atoms with Crippen LogP contribution in [-0.4, -0.2) is 57.1 Å². The number of nitrogens with zero attached hydrogens (tertiary/aromatic N) is 2. The summed E-state index contributed by atoms with van der Waals surface area (Å²) >= 11 is 0. The van der Waals surface area contributed by atoms with E-state index in [1.54, 1.807) is 0 Å². The molecular formula is C13H19N3O5S. The molecule has 1 N–H and O–H groups in total. The summed E-state index contributed by atoms with van der Waals surface area (Å²) in [6, 6.07) is 5.04. The smallest absolute Gasteiger partial charge is 0.270 e. The largest absolute Gasteiger partial charge is 0.379 e. The molecule has 1 saturated heterocycles. The molecule has 0 spiro atoms. The molecule has 1 aliphatic rings. The van der Waals surface area contributed by atoms with Gasteiger partial charge in [-0.1, -0.05) is 6.07 Å². The normalized spacial score (nSPS) is 18.0. The van der Waals surface area contributed by atoms with Crippen LogP contribution < -0.4 is 4.72 Å². The summed E-state index contributed by atoms with van der Waals surface area (Å²) in [5, 5.41) is 10.7. The van der Waals surface area contributed by atoms with Gasteiger partial charge < -0.3 is 4.74 Å². The van der Waals surface area contributed by atoms with Gasteiger partial charge in [0, 0.05) is 37.8 Å². The lowest BCUT2D eigenvalue weighted by molar-refractivity contribution is -0.385. The Kier molecular flexibility index (Phi) is 5.46.